The summed E-state index contributed by atoms with van der Waals surface area (Å²) in [7, 11) is 0. The molecule has 12 heavy (non-hydrogen) atoms. The summed E-state index contributed by atoms with van der Waals surface area (Å²) in [6.45, 7) is 5.75. The predicted molar refractivity (Wildman–Crippen MR) is 47.1 cm³/mol. The van der Waals surface area contributed by atoms with Crippen molar-refractivity contribution in [3.05, 3.63) is 0 Å². The summed E-state index contributed by atoms with van der Waals surface area (Å²) in [4.78, 5) is 15.6. The van der Waals surface area contributed by atoms with Gasteiger partial charge in [-0.15, -0.1) is 0 Å². The molecule has 0 bridgehead atoms. The predicted octanol–water partition coefficient (Wildman–Crippen LogP) is 1.91. The van der Waals surface area contributed by atoms with Gasteiger partial charge in [-0.2, -0.15) is 0 Å². The minimum Gasteiger partial charge on any atom is -0.410 e. The average Bonchev–Trinajstić information content (AvgIpc) is 2.28. The Morgan fingerprint density at radius 1 is 1.50 bits per heavy atom. The quantitative estimate of drug-likeness (QED) is 0.605. The second kappa shape index (κ2) is 3.25. The molecule has 0 aliphatic carbocycles. The van der Waals surface area contributed by atoms with Gasteiger partial charge in [0.25, 0.3) is 0 Å². The van der Waals surface area contributed by atoms with Crippen molar-refractivity contribution in [2.45, 2.75) is 45.6 Å². The molecule has 0 aromatic carbocycles. The van der Waals surface area contributed by atoms with E-state index >= 15 is 0 Å². The summed E-state index contributed by atoms with van der Waals surface area (Å²) in [5.74, 6) is 0.333. The smallest absolute Gasteiger partial charge is 0.340 e. The first-order valence-corrected chi connectivity index (χ1v) is 4.43. The highest BCUT2D eigenvalue weighted by atomic mass is 16.6. The number of carbonyl (C=O) groups excluding carboxylic acids is 1. The lowest BCUT2D eigenvalue weighted by atomic mass is 9.92. The van der Waals surface area contributed by atoms with Crippen LogP contribution in [0.5, 0.6) is 0 Å². The van der Waals surface area contributed by atoms with Crippen LogP contribution in [0.2, 0.25) is 0 Å². The molecule has 0 N–H and O–H groups in total. The molecule has 68 valence electrons. The van der Waals surface area contributed by atoms with Crippen molar-refractivity contribution in [2.24, 2.45) is 4.99 Å². The second-order valence-corrected chi connectivity index (χ2v) is 3.16. The fourth-order valence-corrected chi connectivity index (χ4v) is 1.57. The largest absolute Gasteiger partial charge is 0.410 e. The van der Waals surface area contributed by atoms with Crippen molar-refractivity contribution >= 4 is 11.9 Å². The van der Waals surface area contributed by atoms with Gasteiger partial charge >= 0.3 is 5.97 Å². The van der Waals surface area contributed by atoms with E-state index in [0.717, 1.165) is 19.3 Å². The van der Waals surface area contributed by atoms with Gasteiger partial charge < -0.3 is 4.74 Å². The lowest BCUT2D eigenvalue weighted by Gasteiger charge is -2.18. The molecule has 3 nitrogen and oxygen atoms in total. The highest BCUT2D eigenvalue weighted by Gasteiger charge is 2.42. The highest BCUT2D eigenvalue weighted by molar-refractivity contribution is 5.98. The molecule has 1 rings (SSSR count). The molecule has 1 unspecified atom stereocenters. The molecule has 0 saturated heterocycles. The molecule has 0 aromatic heterocycles. The summed E-state index contributed by atoms with van der Waals surface area (Å²) < 4.78 is 4.93. The van der Waals surface area contributed by atoms with Crippen LogP contribution in [0.1, 0.15) is 40.0 Å². The van der Waals surface area contributed by atoms with E-state index in [1.165, 1.54) is 0 Å². The van der Waals surface area contributed by atoms with Gasteiger partial charge in [0.1, 0.15) is 0 Å². The van der Waals surface area contributed by atoms with Crippen LogP contribution in [-0.2, 0) is 9.53 Å². The third-order valence-electron chi connectivity index (χ3n) is 2.24. The zero-order valence-electron chi connectivity index (χ0n) is 7.89. The van der Waals surface area contributed by atoms with Gasteiger partial charge in [-0.05, 0) is 12.8 Å². The van der Waals surface area contributed by atoms with Crippen molar-refractivity contribution in [1.29, 1.82) is 0 Å². The van der Waals surface area contributed by atoms with Crippen LogP contribution in [0.25, 0.3) is 0 Å². The van der Waals surface area contributed by atoms with E-state index in [-0.39, 0.29) is 5.97 Å². The van der Waals surface area contributed by atoms with Crippen LogP contribution in [0.3, 0.4) is 0 Å². The number of rotatable bonds is 3. The van der Waals surface area contributed by atoms with E-state index in [9.17, 15) is 4.79 Å². The maximum absolute atomic E-state index is 11.4. The number of ether oxygens (including phenoxy) is 1. The van der Waals surface area contributed by atoms with Gasteiger partial charge in [0, 0.05) is 6.92 Å². The molecule has 1 heterocycles. The normalized spacial score (nSPS) is 28.6. The molecule has 0 saturated carbocycles. The molecule has 3 heteroatoms. The monoisotopic (exact) mass is 169 g/mol. The molecule has 1 aliphatic heterocycles. The van der Waals surface area contributed by atoms with E-state index in [1.54, 1.807) is 6.92 Å². The maximum atomic E-state index is 11.4. The lowest BCUT2D eigenvalue weighted by molar-refractivity contribution is -0.139. The van der Waals surface area contributed by atoms with Crippen molar-refractivity contribution in [1.82, 2.24) is 0 Å². The molecule has 0 spiro atoms. The van der Waals surface area contributed by atoms with E-state index in [1.807, 2.05) is 13.8 Å². The summed E-state index contributed by atoms with van der Waals surface area (Å²) in [5.41, 5.74) is -0.557. The molecule has 0 aromatic rings. The SMILES string of the molecule is CCCC1(CC)N=C(C)OC1=O. The number of esters is 1. The average molecular weight is 169 g/mol. The Bertz CT molecular complexity index is 223. The van der Waals surface area contributed by atoms with Crippen LogP contribution < -0.4 is 0 Å². The molecule has 0 amide bonds. The van der Waals surface area contributed by atoms with E-state index < -0.39 is 5.54 Å². The first kappa shape index (κ1) is 9.23. The van der Waals surface area contributed by atoms with Crippen LogP contribution >= 0.6 is 0 Å². The van der Waals surface area contributed by atoms with Crippen LogP contribution in [0.4, 0.5) is 0 Å². The maximum Gasteiger partial charge on any atom is 0.340 e. The lowest BCUT2D eigenvalue weighted by Crippen LogP contribution is -2.32. The number of hydrogen-bond donors (Lipinski definition) is 0. The summed E-state index contributed by atoms with van der Waals surface area (Å²) in [6, 6.07) is 0. The van der Waals surface area contributed by atoms with Gasteiger partial charge in [-0.3, -0.25) is 0 Å². The first-order valence-electron chi connectivity index (χ1n) is 4.43. The molecular formula is C9H15NO2. The summed E-state index contributed by atoms with van der Waals surface area (Å²) in [6.07, 6.45) is 2.48. The zero-order chi connectivity index (χ0) is 9.19. The topological polar surface area (TPSA) is 38.7 Å². The van der Waals surface area contributed by atoms with Crippen molar-refractivity contribution in [3.8, 4) is 0 Å². The van der Waals surface area contributed by atoms with E-state index in [2.05, 4.69) is 4.99 Å². The van der Waals surface area contributed by atoms with Crippen molar-refractivity contribution in [2.75, 3.05) is 0 Å². The standard InChI is InChI=1S/C9H15NO2/c1-4-6-9(5-2)8(11)12-7(3)10-9/h4-6H2,1-3H3. The fourth-order valence-electron chi connectivity index (χ4n) is 1.57. The third kappa shape index (κ3) is 1.36. The van der Waals surface area contributed by atoms with Gasteiger partial charge in [0.05, 0.1) is 0 Å². The Morgan fingerprint density at radius 2 is 2.17 bits per heavy atom. The first-order chi connectivity index (χ1) is 5.64. The summed E-state index contributed by atoms with van der Waals surface area (Å²) in [5, 5.41) is 0. The van der Waals surface area contributed by atoms with Gasteiger partial charge in [0.15, 0.2) is 11.4 Å². The van der Waals surface area contributed by atoms with Crippen molar-refractivity contribution < 1.29 is 9.53 Å². The number of hydrogen-bond acceptors (Lipinski definition) is 3. The molecule has 0 radical (unpaired) electrons. The third-order valence-corrected chi connectivity index (χ3v) is 2.24. The minimum absolute atomic E-state index is 0.177. The molecule has 1 atom stereocenters. The number of carbonyl (C=O) groups is 1. The highest BCUT2D eigenvalue weighted by Crippen LogP contribution is 2.28. The van der Waals surface area contributed by atoms with Crippen LogP contribution in [-0.4, -0.2) is 17.4 Å². The Balaban J connectivity index is 2.84. The number of cyclic esters (lactones) is 1. The molecular weight excluding hydrogens is 154 g/mol. The summed E-state index contributed by atoms with van der Waals surface area (Å²) >= 11 is 0. The van der Waals surface area contributed by atoms with Gasteiger partial charge in [-0.25, -0.2) is 9.79 Å². The van der Waals surface area contributed by atoms with E-state index in [0.29, 0.717) is 5.90 Å². The Hall–Kier alpha value is -0.860. The molecule has 1 aliphatic rings. The van der Waals surface area contributed by atoms with Gasteiger partial charge in [0.2, 0.25) is 0 Å². The zero-order valence-corrected chi connectivity index (χ0v) is 7.89. The second-order valence-electron chi connectivity index (χ2n) is 3.16. The molecule has 0 fully saturated rings. The Morgan fingerprint density at radius 3 is 2.50 bits per heavy atom. The van der Waals surface area contributed by atoms with Gasteiger partial charge in [-0.1, -0.05) is 20.3 Å². The Labute approximate surface area is 72.8 Å². The number of aliphatic imine (C=N–C) groups is 1. The van der Waals surface area contributed by atoms with Crippen LogP contribution in [0.15, 0.2) is 4.99 Å². The van der Waals surface area contributed by atoms with Crippen molar-refractivity contribution in [3.63, 3.8) is 0 Å². The number of nitrogens with zero attached hydrogens (tertiary/aromatic N) is 1. The Kier molecular flexibility index (Phi) is 2.50. The van der Waals surface area contributed by atoms with Crippen LogP contribution in [0, 0.1) is 0 Å². The minimum atomic E-state index is -0.557. The fraction of sp³-hybridized carbons (Fsp3) is 0.778. The van der Waals surface area contributed by atoms with E-state index in [4.69, 9.17) is 4.74 Å².